The molecule has 1 amide bonds. The lowest BCUT2D eigenvalue weighted by atomic mass is 10.2. The molecule has 0 aromatic heterocycles. The van der Waals surface area contributed by atoms with Gasteiger partial charge in [0.05, 0.1) is 0 Å². The lowest BCUT2D eigenvalue weighted by molar-refractivity contribution is -0.109. The van der Waals surface area contributed by atoms with E-state index in [0.717, 1.165) is 10.9 Å². The normalized spacial score (nSPS) is 9.18. The van der Waals surface area contributed by atoms with Crippen molar-refractivity contribution in [2.75, 3.05) is 0 Å². The molecule has 11 heavy (non-hydrogen) atoms. The second-order valence-corrected chi connectivity index (χ2v) is 2.91. The maximum absolute atomic E-state index is 9.93. The first kappa shape index (κ1) is 8.22. The highest BCUT2D eigenvalue weighted by Gasteiger charge is 1.88. The minimum atomic E-state index is 0.606. The van der Waals surface area contributed by atoms with Gasteiger partial charge in [-0.1, -0.05) is 24.3 Å². The summed E-state index contributed by atoms with van der Waals surface area (Å²) in [6, 6.07) is 7.95. The predicted octanol–water partition coefficient (Wildman–Crippen LogP) is 0.433. The van der Waals surface area contributed by atoms with Gasteiger partial charge in [0.1, 0.15) is 0 Å². The molecule has 0 spiro atoms. The topological polar surface area (TPSA) is 29.1 Å². The number of amides is 1. The molecule has 3 heteroatoms. The highest BCUT2D eigenvalue weighted by molar-refractivity contribution is 7.27. The van der Waals surface area contributed by atoms with Gasteiger partial charge in [0.2, 0.25) is 6.41 Å². The third kappa shape index (κ3) is 2.69. The van der Waals surface area contributed by atoms with Gasteiger partial charge in [-0.15, -0.1) is 9.24 Å². The molecule has 0 aliphatic heterocycles. The molecule has 1 atom stereocenters. The van der Waals surface area contributed by atoms with E-state index in [0.29, 0.717) is 13.0 Å². The summed E-state index contributed by atoms with van der Waals surface area (Å²) in [5.41, 5.74) is 1.11. The molecule has 1 rings (SSSR count). The molecular weight excluding hydrogens is 157 g/mol. The Labute approximate surface area is 68.2 Å². The van der Waals surface area contributed by atoms with E-state index >= 15 is 0 Å². The summed E-state index contributed by atoms with van der Waals surface area (Å²) < 4.78 is 0. The van der Waals surface area contributed by atoms with Crippen molar-refractivity contribution < 1.29 is 4.79 Å². The van der Waals surface area contributed by atoms with Crippen LogP contribution >= 0.6 is 9.24 Å². The predicted molar refractivity (Wildman–Crippen MR) is 48.7 cm³/mol. The monoisotopic (exact) mass is 167 g/mol. The van der Waals surface area contributed by atoms with Crippen LogP contribution in [-0.2, 0) is 11.3 Å². The van der Waals surface area contributed by atoms with Gasteiger partial charge in [-0.05, 0) is 10.9 Å². The highest BCUT2D eigenvalue weighted by Crippen LogP contribution is 1.97. The smallest absolute Gasteiger partial charge is 0.207 e. The molecule has 0 radical (unpaired) electrons. The quantitative estimate of drug-likeness (QED) is 0.513. The Bertz CT molecular complexity index is 232. The number of rotatable bonds is 3. The van der Waals surface area contributed by atoms with Crippen molar-refractivity contribution in [3.8, 4) is 0 Å². The maximum Gasteiger partial charge on any atom is 0.207 e. The molecule has 0 aliphatic rings. The SMILES string of the molecule is O=CNCc1ccc(P)cc1. The summed E-state index contributed by atoms with van der Waals surface area (Å²) >= 11 is 0. The Hall–Kier alpha value is -0.880. The Morgan fingerprint density at radius 2 is 2.00 bits per heavy atom. The van der Waals surface area contributed by atoms with E-state index in [-0.39, 0.29) is 0 Å². The number of nitrogens with one attached hydrogen (secondary N) is 1. The van der Waals surface area contributed by atoms with Gasteiger partial charge < -0.3 is 5.32 Å². The van der Waals surface area contributed by atoms with E-state index in [1.807, 2.05) is 24.3 Å². The first-order chi connectivity index (χ1) is 5.33. The molecule has 0 fully saturated rings. The molecular formula is C8H10NOP. The largest absolute Gasteiger partial charge is 0.355 e. The van der Waals surface area contributed by atoms with Crippen LogP contribution in [0.1, 0.15) is 5.56 Å². The number of carbonyl (C=O) groups excluding carboxylic acids is 1. The molecule has 1 unspecified atom stereocenters. The Morgan fingerprint density at radius 3 is 2.55 bits per heavy atom. The Kier molecular flexibility index (Phi) is 3.06. The summed E-state index contributed by atoms with van der Waals surface area (Å²) in [6.07, 6.45) is 0.703. The van der Waals surface area contributed by atoms with Crippen LogP contribution in [0.2, 0.25) is 0 Å². The number of benzene rings is 1. The van der Waals surface area contributed by atoms with Gasteiger partial charge in [0.25, 0.3) is 0 Å². The second-order valence-electron chi connectivity index (χ2n) is 2.24. The van der Waals surface area contributed by atoms with Crippen LogP contribution in [0, 0.1) is 0 Å². The zero-order chi connectivity index (χ0) is 8.10. The van der Waals surface area contributed by atoms with Crippen molar-refractivity contribution in [2.45, 2.75) is 6.54 Å². The van der Waals surface area contributed by atoms with Gasteiger partial charge in [0, 0.05) is 6.54 Å². The first-order valence-corrected chi connectivity index (χ1v) is 3.92. The van der Waals surface area contributed by atoms with Gasteiger partial charge in [0.15, 0.2) is 0 Å². The van der Waals surface area contributed by atoms with Crippen LogP contribution < -0.4 is 10.6 Å². The molecule has 0 aliphatic carbocycles. The van der Waals surface area contributed by atoms with Gasteiger partial charge in [-0.2, -0.15) is 0 Å². The average molecular weight is 167 g/mol. The zero-order valence-corrected chi connectivity index (χ0v) is 7.23. The summed E-state index contributed by atoms with van der Waals surface area (Å²) in [6.45, 7) is 0.606. The number of hydrogen-bond donors (Lipinski definition) is 1. The van der Waals surface area contributed by atoms with Crippen molar-refractivity contribution in [3.05, 3.63) is 29.8 Å². The number of carbonyl (C=O) groups is 1. The van der Waals surface area contributed by atoms with Crippen molar-refractivity contribution in [3.63, 3.8) is 0 Å². The molecule has 1 N–H and O–H groups in total. The molecule has 2 nitrogen and oxygen atoms in total. The van der Waals surface area contributed by atoms with Crippen LogP contribution in [0.25, 0.3) is 0 Å². The average Bonchev–Trinajstić information content (AvgIpc) is 2.04. The minimum Gasteiger partial charge on any atom is -0.355 e. The van der Waals surface area contributed by atoms with E-state index in [1.165, 1.54) is 0 Å². The molecule has 1 aromatic carbocycles. The van der Waals surface area contributed by atoms with Crippen molar-refractivity contribution >= 4 is 21.0 Å². The third-order valence-electron chi connectivity index (χ3n) is 1.37. The Balaban J connectivity index is 2.58. The second kappa shape index (κ2) is 4.09. The van der Waals surface area contributed by atoms with Gasteiger partial charge in [-0.25, -0.2) is 0 Å². The van der Waals surface area contributed by atoms with Crippen molar-refractivity contribution in [1.29, 1.82) is 0 Å². The molecule has 0 heterocycles. The minimum absolute atomic E-state index is 0.606. The van der Waals surface area contributed by atoms with Crippen LogP contribution in [0.15, 0.2) is 24.3 Å². The molecule has 0 saturated heterocycles. The van der Waals surface area contributed by atoms with E-state index in [1.54, 1.807) is 0 Å². The fourth-order valence-corrected chi connectivity index (χ4v) is 0.987. The van der Waals surface area contributed by atoms with E-state index in [4.69, 9.17) is 0 Å². The summed E-state index contributed by atoms with van der Waals surface area (Å²) in [4.78, 5) is 9.93. The lowest BCUT2D eigenvalue weighted by Crippen LogP contribution is -2.09. The number of hydrogen-bond acceptors (Lipinski definition) is 1. The Morgan fingerprint density at radius 1 is 1.36 bits per heavy atom. The summed E-state index contributed by atoms with van der Waals surface area (Å²) in [7, 11) is 2.61. The lowest BCUT2D eigenvalue weighted by Gasteiger charge is -1.98. The fraction of sp³-hybridized carbons (Fsp3) is 0.125. The van der Waals surface area contributed by atoms with Crippen LogP contribution in [0.5, 0.6) is 0 Å². The van der Waals surface area contributed by atoms with E-state index in [2.05, 4.69) is 14.6 Å². The maximum atomic E-state index is 9.93. The van der Waals surface area contributed by atoms with E-state index < -0.39 is 0 Å². The van der Waals surface area contributed by atoms with Crippen LogP contribution in [0.3, 0.4) is 0 Å². The molecule has 0 bridgehead atoms. The van der Waals surface area contributed by atoms with Crippen molar-refractivity contribution in [1.82, 2.24) is 5.32 Å². The standard InChI is InChI=1S/C8H10NOP/c10-6-9-5-7-1-3-8(11)4-2-7/h1-4,6H,5,11H2,(H,9,10). The highest BCUT2D eigenvalue weighted by atomic mass is 31.0. The van der Waals surface area contributed by atoms with Crippen LogP contribution in [0.4, 0.5) is 0 Å². The summed E-state index contributed by atoms with van der Waals surface area (Å²) in [5, 5.41) is 3.75. The van der Waals surface area contributed by atoms with Crippen molar-refractivity contribution in [2.24, 2.45) is 0 Å². The third-order valence-corrected chi connectivity index (χ3v) is 1.75. The first-order valence-electron chi connectivity index (χ1n) is 3.34. The van der Waals surface area contributed by atoms with Crippen LogP contribution in [-0.4, -0.2) is 6.41 Å². The van der Waals surface area contributed by atoms with Gasteiger partial charge in [-0.3, -0.25) is 4.79 Å². The zero-order valence-electron chi connectivity index (χ0n) is 6.08. The molecule has 1 aromatic rings. The molecule has 0 saturated carbocycles. The van der Waals surface area contributed by atoms with E-state index in [9.17, 15) is 4.79 Å². The fourth-order valence-electron chi connectivity index (χ4n) is 0.795. The molecule has 58 valence electrons. The summed E-state index contributed by atoms with van der Waals surface area (Å²) in [5.74, 6) is 0. The van der Waals surface area contributed by atoms with Gasteiger partial charge >= 0.3 is 0 Å².